The van der Waals surface area contributed by atoms with Gasteiger partial charge < -0.3 is 9.80 Å². The Kier molecular flexibility index (Phi) is 6.87. The first-order valence-electron chi connectivity index (χ1n) is 12.9. The highest BCUT2D eigenvalue weighted by atomic mass is 19.1. The van der Waals surface area contributed by atoms with Gasteiger partial charge in [-0.15, -0.1) is 0 Å². The Morgan fingerprint density at radius 1 is 1.24 bits per heavy atom. The van der Waals surface area contributed by atoms with Crippen LogP contribution in [0, 0.1) is 30.6 Å². The number of carbonyl (C=O) groups excluding carboxylic acids is 1. The number of alkyl halides is 1. The molecule has 192 valence electrons. The summed E-state index contributed by atoms with van der Waals surface area (Å²) >= 11 is 0. The van der Waals surface area contributed by atoms with Gasteiger partial charge in [0.1, 0.15) is 17.7 Å². The molecule has 2 aromatic rings. The largest absolute Gasteiger partial charge is 0.335 e. The number of amides is 1. The predicted molar refractivity (Wildman–Crippen MR) is 141 cm³/mol. The van der Waals surface area contributed by atoms with E-state index in [9.17, 15) is 13.6 Å². The van der Waals surface area contributed by atoms with Crippen LogP contribution >= 0.6 is 0 Å². The van der Waals surface area contributed by atoms with E-state index in [2.05, 4.69) is 35.9 Å². The van der Waals surface area contributed by atoms with Crippen molar-refractivity contribution in [1.82, 2.24) is 15.2 Å². The number of nitrogens with one attached hydrogen (secondary N) is 1. The second kappa shape index (κ2) is 10.1. The minimum Gasteiger partial charge on any atom is -0.335 e. The van der Waals surface area contributed by atoms with Gasteiger partial charge in [0.25, 0.3) is 5.91 Å². The van der Waals surface area contributed by atoms with E-state index >= 15 is 0 Å². The number of allylic oxidation sites excluding steroid dienone is 4. The summed E-state index contributed by atoms with van der Waals surface area (Å²) in [4.78, 5) is 22.3. The summed E-state index contributed by atoms with van der Waals surface area (Å²) in [7, 11) is 0. The van der Waals surface area contributed by atoms with Crippen LogP contribution in [0.4, 0.5) is 14.5 Å². The summed E-state index contributed by atoms with van der Waals surface area (Å²) in [6.45, 7) is 9.55. The first-order chi connectivity index (χ1) is 17.7. The maximum Gasteiger partial charge on any atom is 0.277 e. The van der Waals surface area contributed by atoms with E-state index in [0.717, 1.165) is 35.0 Å². The molecule has 1 aliphatic carbocycles. The van der Waals surface area contributed by atoms with Crippen molar-refractivity contribution in [2.75, 3.05) is 18.0 Å². The highest BCUT2D eigenvalue weighted by Crippen LogP contribution is 2.36. The molecule has 5 nitrogen and oxygen atoms in total. The van der Waals surface area contributed by atoms with E-state index in [-0.39, 0.29) is 18.2 Å². The molecular formula is C30H32F2N4O. The molecule has 1 aromatic carbocycles. The first-order valence-corrected chi connectivity index (χ1v) is 12.9. The van der Waals surface area contributed by atoms with Gasteiger partial charge in [-0.25, -0.2) is 13.8 Å². The molecule has 1 aromatic heterocycles. The lowest BCUT2D eigenvalue weighted by molar-refractivity contribution is 0.0641. The Bertz CT molecular complexity index is 1340. The number of fused-ring (bicyclic) bond motifs is 3. The average Bonchev–Trinajstić information content (AvgIpc) is 3.31. The van der Waals surface area contributed by atoms with Crippen molar-refractivity contribution in [2.45, 2.75) is 52.6 Å². The number of halogens is 2. The molecule has 1 saturated heterocycles. The Balaban J connectivity index is 1.60. The van der Waals surface area contributed by atoms with Gasteiger partial charge in [0.2, 0.25) is 0 Å². The second-order valence-electron chi connectivity index (χ2n) is 10.3. The summed E-state index contributed by atoms with van der Waals surface area (Å²) < 4.78 is 28.4. The summed E-state index contributed by atoms with van der Waals surface area (Å²) in [5.41, 5.74) is 4.23. The van der Waals surface area contributed by atoms with E-state index < -0.39 is 17.9 Å². The van der Waals surface area contributed by atoms with Crippen LogP contribution in [0.1, 0.15) is 53.6 Å². The molecule has 1 amide bonds. The lowest BCUT2D eigenvalue weighted by atomic mass is 9.90. The van der Waals surface area contributed by atoms with E-state index in [1.54, 1.807) is 11.0 Å². The van der Waals surface area contributed by atoms with Crippen LogP contribution in [-0.2, 0) is 6.42 Å². The number of hydrogen-bond acceptors (Lipinski definition) is 4. The third kappa shape index (κ3) is 4.91. The quantitative estimate of drug-likeness (QED) is 0.604. The number of hydrogen-bond donors (Lipinski definition) is 1. The van der Waals surface area contributed by atoms with Crippen LogP contribution in [0.5, 0.6) is 0 Å². The molecule has 4 unspecified atom stereocenters. The van der Waals surface area contributed by atoms with Gasteiger partial charge in [-0.2, -0.15) is 0 Å². The zero-order valence-corrected chi connectivity index (χ0v) is 21.6. The van der Waals surface area contributed by atoms with Crippen molar-refractivity contribution in [3.05, 3.63) is 82.5 Å². The van der Waals surface area contributed by atoms with Crippen molar-refractivity contribution < 1.29 is 13.6 Å². The highest BCUT2D eigenvalue weighted by Gasteiger charge is 2.44. The fourth-order valence-electron chi connectivity index (χ4n) is 5.23. The zero-order chi connectivity index (χ0) is 26.3. The Morgan fingerprint density at radius 2 is 2.05 bits per heavy atom. The maximum atomic E-state index is 14.8. The summed E-state index contributed by atoms with van der Waals surface area (Å²) in [6, 6.07) is 10.0. The van der Waals surface area contributed by atoms with Crippen LogP contribution in [0.25, 0.3) is 0 Å². The summed E-state index contributed by atoms with van der Waals surface area (Å²) in [5.74, 6) is 5.46. The average molecular weight is 503 g/mol. The van der Waals surface area contributed by atoms with Gasteiger partial charge in [-0.05, 0) is 73.6 Å². The van der Waals surface area contributed by atoms with Gasteiger partial charge in [-0.1, -0.05) is 38.0 Å². The Labute approximate surface area is 217 Å². The van der Waals surface area contributed by atoms with Crippen molar-refractivity contribution in [3.8, 4) is 11.8 Å². The minimum absolute atomic E-state index is 0.147. The summed E-state index contributed by atoms with van der Waals surface area (Å²) in [6.07, 6.45) is 2.48. The van der Waals surface area contributed by atoms with Gasteiger partial charge >= 0.3 is 0 Å². The number of pyridine rings is 1. The lowest BCUT2D eigenvalue weighted by Crippen LogP contribution is -2.57. The summed E-state index contributed by atoms with van der Waals surface area (Å²) in [5, 5.41) is 3.60. The molecule has 1 fully saturated rings. The first kappa shape index (κ1) is 25.2. The van der Waals surface area contributed by atoms with Crippen LogP contribution < -0.4 is 10.2 Å². The third-order valence-corrected chi connectivity index (χ3v) is 7.38. The monoisotopic (exact) mass is 502 g/mol. The van der Waals surface area contributed by atoms with Gasteiger partial charge in [0.15, 0.2) is 12.0 Å². The molecule has 1 N–H and O–H groups in total. The molecule has 37 heavy (non-hydrogen) atoms. The number of rotatable bonds is 4. The topological polar surface area (TPSA) is 48.5 Å². The number of nitrogens with zero attached hydrogens (tertiary/aromatic N) is 3. The van der Waals surface area contributed by atoms with Crippen molar-refractivity contribution in [3.63, 3.8) is 0 Å². The number of aromatic nitrogens is 1. The smallest absolute Gasteiger partial charge is 0.277 e. The van der Waals surface area contributed by atoms with E-state index in [4.69, 9.17) is 4.98 Å². The molecule has 0 bridgehead atoms. The highest BCUT2D eigenvalue weighted by molar-refractivity contribution is 6.00. The fourth-order valence-corrected chi connectivity index (χ4v) is 5.23. The van der Waals surface area contributed by atoms with Crippen molar-refractivity contribution >= 4 is 11.6 Å². The number of anilines is 1. The standard InChI is InChI=1S/C30H32F2N4O/c1-5-35-29(37)28-27(36-17-26(18(2)3)34-30(35)36)15-22(14-21-10-11-23(31)16-24(21)32)25(33-28)12-9-20-8-6-7-19(4)13-20/h6-8,10-11,13,15-16,18,21,24,26,30,34H,5,14,17H2,1-4H3. The van der Waals surface area contributed by atoms with Crippen LogP contribution in [-0.4, -0.2) is 47.4 Å². The van der Waals surface area contributed by atoms with Crippen molar-refractivity contribution in [2.24, 2.45) is 11.8 Å². The molecule has 2 aliphatic heterocycles. The maximum absolute atomic E-state index is 14.8. The third-order valence-electron chi connectivity index (χ3n) is 7.38. The molecule has 3 aliphatic rings. The molecule has 0 spiro atoms. The number of benzene rings is 1. The molecule has 5 rings (SSSR count). The molecule has 7 heteroatoms. The molecule has 0 saturated carbocycles. The number of aryl methyl sites for hydroxylation is 1. The van der Waals surface area contributed by atoms with Gasteiger partial charge in [-0.3, -0.25) is 10.1 Å². The second-order valence-corrected chi connectivity index (χ2v) is 10.3. The number of carbonyl (C=O) groups is 1. The van der Waals surface area contributed by atoms with E-state index in [1.165, 1.54) is 6.08 Å². The van der Waals surface area contributed by atoms with E-state index in [0.29, 0.717) is 30.3 Å². The molecule has 0 radical (unpaired) electrons. The van der Waals surface area contributed by atoms with Crippen LogP contribution in [0.3, 0.4) is 0 Å². The zero-order valence-electron chi connectivity index (χ0n) is 21.6. The minimum atomic E-state index is -1.44. The molecular weight excluding hydrogens is 470 g/mol. The molecule has 3 heterocycles. The van der Waals surface area contributed by atoms with Crippen molar-refractivity contribution in [1.29, 1.82) is 0 Å². The fraction of sp³-hybridized carbons (Fsp3) is 0.400. The predicted octanol–water partition coefficient (Wildman–Crippen LogP) is 4.90. The van der Waals surface area contributed by atoms with E-state index in [1.807, 2.05) is 44.2 Å². The normalized spacial score (nSPS) is 24.5. The SMILES string of the molecule is CCN1C(=O)c2nc(C#Cc3cccc(C)c3)c(CC3C=CC(F)=CC3F)cc2N2CC(C(C)C)NC12. The van der Waals surface area contributed by atoms with Crippen LogP contribution in [0.2, 0.25) is 0 Å². The van der Waals surface area contributed by atoms with Gasteiger partial charge in [0, 0.05) is 30.6 Å². The lowest BCUT2D eigenvalue weighted by Gasteiger charge is -2.40. The molecule has 4 atom stereocenters. The Morgan fingerprint density at radius 3 is 2.76 bits per heavy atom. The van der Waals surface area contributed by atoms with Gasteiger partial charge in [0.05, 0.1) is 5.69 Å². The Hall–Kier alpha value is -3.50. The van der Waals surface area contributed by atoms with Crippen LogP contribution in [0.15, 0.2) is 54.4 Å².